The van der Waals surface area contributed by atoms with Crippen LogP contribution >= 0.6 is 23.2 Å². The predicted octanol–water partition coefficient (Wildman–Crippen LogP) is 4.52. The molecular formula is C18H16Cl2N2O2. The number of hydrogen-bond acceptors (Lipinski definition) is 2. The Kier molecular flexibility index (Phi) is 5.07. The highest BCUT2D eigenvalue weighted by Gasteiger charge is 2.26. The Hall–Kier alpha value is -2.04. The molecule has 1 unspecified atom stereocenters. The summed E-state index contributed by atoms with van der Waals surface area (Å²) < 4.78 is 0. The summed E-state index contributed by atoms with van der Waals surface area (Å²) in [5.41, 5.74) is 2.55. The van der Waals surface area contributed by atoms with Gasteiger partial charge in [0.15, 0.2) is 0 Å². The second kappa shape index (κ2) is 7.24. The van der Waals surface area contributed by atoms with Crippen molar-refractivity contribution >= 4 is 46.4 Å². The van der Waals surface area contributed by atoms with Gasteiger partial charge in [-0.1, -0.05) is 41.4 Å². The van der Waals surface area contributed by atoms with Gasteiger partial charge in [0.25, 0.3) is 0 Å². The highest BCUT2D eigenvalue weighted by molar-refractivity contribution is 6.42. The van der Waals surface area contributed by atoms with Crippen molar-refractivity contribution in [2.24, 2.45) is 5.92 Å². The van der Waals surface area contributed by atoms with E-state index < -0.39 is 0 Å². The number of amides is 2. The van der Waals surface area contributed by atoms with E-state index >= 15 is 0 Å². The number of rotatable bonds is 4. The van der Waals surface area contributed by atoms with Gasteiger partial charge in [0.2, 0.25) is 11.8 Å². The van der Waals surface area contributed by atoms with Gasteiger partial charge in [0, 0.05) is 23.7 Å². The van der Waals surface area contributed by atoms with Gasteiger partial charge in [-0.15, -0.1) is 0 Å². The molecule has 0 bridgehead atoms. The standard InChI is InChI=1S/C18H16Cl2N2O2/c19-14-7-6-13(10-15(14)20)21-17(23)8-5-12-9-11-3-1-2-4-16(11)22-18(12)24/h1-4,6-7,10,12H,5,8-9H2,(H,21,23)(H,22,24). The second-order valence-electron chi connectivity index (χ2n) is 5.76. The highest BCUT2D eigenvalue weighted by atomic mass is 35.5. The molecule has 2 aromatic carbocycles. The van der Waals surface area contributed by atoms with E-state index in [1.54, 1.807) is 18.2 Å². The first-order chi connectivity index (χ1) is 11.5. The van der Waals surface area contributed by atoms with E-state index in [0.717, 1.165) is 11.3 Å². The maximum Gasteiger partial charge on any atom is 0.227 e. The smallest absolute Gasteiger partial charge is 0.227 e. The summed E-state index contributed by atoms with van der Waals surface area (Å²) in [7, 11) is 0. The van der Waals surface area contributed by atoms with Crippen LogP contribution in [0.2, 0.25) is 10.0 Å². The van der Waals surface area contributed by atoms with Gasteiger partial charge in [0.1, 0.15) is 0 Å². The molecule has 3 rings (SSSR count). The van der Waals surface area contributed by atoms with Gasteiger partial charge < -0.3 is 10.6 Å². The zero-order chi connectivity index (χ0) is 17.1. The van der Waals surface area contributed by atoms with E-state index in [1.807, 2.05) is 24.3 Å². The minimum Gasteiger partial charge on any atom is -0.326 e. The van der Waals surface area contributed by atoms with E-state index in [-0.39, 0.29) is 24.2 Å². The minimum atomic E-state index is -0.195. The normalized spacial score (nSPS) is 16.2. The molecule has 0 aromatic heterocycles. The van der Waals surface area contributed by atoms with Crippen molar-refractivity contribution in [3.63, 3.8) is 0 Å². The van der Waals surface area contributed by atoms with Crippen molar-refractivity contribution < 1.29 is 9.59 Å². The Bertz CT molecular complexity index is 792. The van der Waals surface area contributed by atoms with Crippen LogP contribution in [0.5, 0.6) is 0 Å². The maximum absolute atomic E-state index is 12.1. The third-order valence-corrected chi connectivity index (χ3v) is 4.77. The third kappa shape index (κ3) is 3.89. The van der Waals surface area contributed by atoms with E-state index in [0.29, 0.717) is 28.6 Å². The molecule has 2 aromatic rings. The van der Waals surface area contributed by atoms with Crippen LogP contribution < -0.4 is 10.6 Å². The summed E-state index contributed by atoms with van der Waals surface area (Å²) in [5, 5.41) is 6.49. The fourth-order valence-electron chi connectivity index (χ4n) is 2.75. The fourth-order valence-corrected chi connectivity index (χ4v) is 3.05. The summed E-state index contributed by atoms with van der Waals surface area (Å²) in [6, 6.07) is 12.7. The lowest BCUT2D eigenvalue weighted by Crippen LogP contribution is -2.30. The lowest BCUT2D eigenvalue weighted by Gasteiger charge is -2.24. The first kappa shape index (κ1) is 16.8. The summed E-state index contributed by atoms with van der Waals surface area (Å²) >= 11 is 11.8. The Labute approximate surface area is 150 Å². The van der Waals surface area contributed by atoms with E-state index in [4.69, 9.17) is 23.2 Å². The Morgan fingerprint density at radius 1 is 1.17 bits per heavy atom. The highest BCUT2D eigenvalue weighted by Crippen LogP contribution is 2.28. The minimum absolute atomic E-state index is 0.0314. The van der Waals surface area contributed by atoms with Crippen molar-refractivity contribution in [2.45, 2.75) is 19.3 Å². The summed E-state index contributed by atoms with van der Waals surface area (Å²) in [6.07, 6.45) is 1.41. The number of fused-ring (bicyclic) bond motifs is 1. The summed E-state index contributed by atoms with van der Waals surface area (Å²) in [5.74, 6) is -0.379. The van der Waals surface area contributed by atoms with E-state index in [9.17, 15) is 9.59 Å². The van der Waals surface area contributed by atoms with Gasteiger partial charge in [-0.2, -0.15) is 0 Å². The number of carbonyl (C=O) groups is 2. The average Bonchev–Trinajstić information content (AvgIpc) is 2.56. The molecule has 0 saturated carbocycles. The molecule has 1 aliphatic heterocycles. The monoisotopic (exact) mass is 362 g/mol. The van der Waals surface area contributed by atoms with Crippen molar-refractivity contribution in [3.05, 3.63) is 58.1 Å². The molecule has 6 heteroatoms. The average molecular weight is 363 g/mol. The molecule has 0 aliphatic carbocycles. The molecule has 0 fully saturated rings. The lowest BCUT2D eigenvalue weighted by atomic mass is 9.89. The number of benzene rings is 2. The molecule has 0 radical (unpaired) electrons. The maximum atomic E-state index is 12.1. The third-order valence-electron chi connectivity index (χ3n) is 4.04. The van der Waals surface area contributed by atoms with Crippen LogP contribution in [0.25, 0.3) is 0 Å². The van der Waals surface area contributed by atoms with E-state index in [1.165, 1.54) is 0 Å². The second-order valence-corrected chi connectivity index (χ2v) is 6.58. The number of nitrogens with one attached hydrogen (secondary N) is 2. The quantitative estimate of drug-likeness (QED) is 0.839. The molecule has 24 heavy (non-hydrogen) atoms. The number of hydrogen-bond donors (Lipinski definition) is 2. The Balaban J connectivity index is 1.56. The molecule has 2 N–H and O–H groups in total. The number of halogens is 2. The lowest BCUT2D eigenvalue weighted by molar-refractivity contribution is -0.121. The molecule has 124 valence electrons. The summed E-state index contributed by atoms with van der Waals surface area (Å²) in [6.45, 7) is 0. The van der Waals surface area contributed by atoms with E-state index in [2.05, 4.69) is 10.6 Å². The fraction of sp³-hybridized carbons (Fsp3) is 0.222. The van der Waals surface area contributed by atoms with Gasteiger partial charge in [0.05, 0.1) is 10.0 Å². The van der Waals surface area contributed by atoms with Crippen LogP contribution in [0.3, 0.4) is 0 Å². The van der Waals surface area contributed by atoms with Crippen LogP contribution in [0, 0.1) is 5.92 Å². The number of para-hydroxylation sites is 1. The number of anilines is 2. The zero-order valence-electron chi connectivity index (χ0n) is 12.8. The Morgan fingerprint density at radius 3 is 2.75 bits per heavy atom. The molecular weight excluding hydrogens is 347 g/mol. The van der Waals surface area contributed by atoms with Crippen molar-refractivity contribution in [1.82, 2.24) is 0 Å². The van der Waals surface area contributed by atoms with Gasteiger partial charge in [-0.25, -0.2) is 0 Å². The van der Waals surface area contributed by atoms with Crippen molar-refractivity contribution in [1.29, 1.82) is 0 Å². The number of carbonyl (C=O) groups excluding carboxylic acids is 2. The molecule has 1 heterocycles. The van der Waals surface area contributed by atoms with Gasteiger partial charge >= 0.3 is 0 Å². The largest absolute Gasteiger partial charge is 0.326 e. The molecule has 0 saturated heterocycles. The molecule has 1 atom stereocenters. The van der Waals surface area contributed by atoms with Crippen LogP contribution in [0.1, 0.15) is 18.4 Å². The van der Waals surface area contributed by atoms with Crippen LogP contribution in [-0.2, 0) is 16.0 Å². The van der Waals surface area contributed by atoms with Crippen molar-refractivity contribution in [3.8, 4) is 0 Å². The first-order valence-corrected chi connectivity index (χ1v) is 8.42. The predicted molar refractivity (Wildman–Crippen MR) is 96.6 cm³/mol. The topological polar surface area (TPSA) is 58.2 Å². The van der Waals surface area contributed by atoms with Gasteiger partial charge in [-0.05, 0) is 42.7 Å². The molecule has 2 amide bonds. The molecule has 1 aliphatic rings. The zero-order valence-corrected chi connectivity index (χ0v) is 14.3. The van der Waals surface area contributed by atoms with Crippen LogP contribution in [-0.4, -0.2) is 11.8 Å². The van der Waals surface area contributed by atoms with Crippen molar-refractivity contribution in [2.75, 3.05) is 10.6 Å². The summed E-state index contributed by atoms with van der Waals surface area (Å²) in [4.78, 5) is 24.2. The SMILES string of the molecule is O=C(CCC1Cc2ccccc2NC1=O)Nc1ccc(Cl)c(Cl)c1. The Morgan fingerprint density at radius 2 is 1.96 bits per heavy atom. The molecule has 0 spiro atoms. The van der Waals surface area contributed by atoms with Crippen LogP contribution in [0.15, 0.2) is 42.5 Å². The first-order valence-electron chi connectivity index (χ1n) is 7.66. The van der Waals surface area contributed by atoms with Gasteiger partial charge in [-0.3, -0.25) is 9.59 Å². The molecule has 4 nitrogen and oxygen atoms in total. The van der Waals surface area contributed by atoms with Crippen LogP contribution in [0.4, 0.5) is 11.4 Å².